The number of hydrogen-bond acceptors (Lipinski definition) is 6. The van der Waals surface area contributed by atoms with Gasteiger partial charge in [0.25, 0.3) is 11.8 Å². The first-order valence-corrected chi connectivity index (χ1v) is 15.0. The molecule has 234 valence electrons. The van der Waals surface area contributed by atoms with Crippen molar-refractivity contribution in [1.82, 2.24) is 20.7 Å². The SMILES string of the molecule is CCCN(CCC)C(=O)c1cc(C)cc(C(=O)N[C@@H](Cc2cc(F)cc(F)c2)[C@H](O)CNCc2cc(CC(C)C)no2)c1. The van der Waals surface area contributed by atoms with Crippen LogP contribution in [0.2, 0.25) is 0 Å². The first-order valence-electron chi connectivity index (χ1n) is 15.0. The number of carbonyl (C=O) groups excluding carboxylic acids is 2. The second kappa shape index (κ2) is 16.3. The summed E-state index contributed by atoms with van der Waals surface area (Å²) in [5, 5.41) is 21.1. The average Bonchev–Trinajstić information content (AvgIpc) is 3.37. The van der Waals surface area contributed by atoms with Crippen LogP contribution in [0.15, 0.2) is 47.0 Å². The van der Waals surface area contributed by atoms with Crippen LogP contribution in [-0.2, 0) is 19.4 Å². The van der Waals surface area contributed by atoms with Gasteiger partial charge < -0.3 is 25.2 Å². The summed E-state index contributed by atoms with van der Waals surface area (Å²) >= 11 is 0. The molecule has 0 saturated heterocycles. The van der Waals surface area contributed by atoms with Gasteiger partial charge in [0, 0.05) is 42.9 Å². The minimum Gasteiger partial charge on any atom is -0.390 e. The van der Waals surface area contributed by atoms with Gasteiger partial charge in [0.05, 0.1) is 24.4 Å². The van der Waals surface area contributed by atoms with Gasteiger partial charge in [-0.25, -0.2) is 8.78 Å². The molecular weight excluding hydrogens is 554 g/mol. The number of rotatable bonds is 16. The monoisotopic (exact) mass is 598 g/mol. The topological polar surface area (TPSA) is 108 Å². The van der Waals surface area contributed by atoms with Gasteiger partial charge in [-0.3, -0.25) is 9.59 Å². The third-order valence-electron chi connectivity index (χ3n) is 6.90. The molecule has 43 heavy (non-hydrogen) atoms. The summed E-state index contributed by atoms with van der Waals surface area (Å²) in [6, 6.07) is 9.03. The third kappa shape index (κ3) is 10.5. The Hall–Kier alpha value is -3.63. The molecule has 0 aliphatic rings. The molecule has 1 aromatic heterocycles. The van der Waals surface area contributed by atoms with Crippen molar-refractivity contribution in [2.75, 3.05) is 19.6 Å². The lowest BCUT2D eigenvalue weighted by atomic mass is 9.99. The molecule has 2 aromatic carbocycles. The third-order valence-corrected chi connectivity index (χ3v) is 6.90. The number of carbonyl (C=O) groups is 2. The van der Waals surface area contributed by atoms with Crippen molar-refractivity contribution >= 4 is 11.8 Å². The zero-order valence-corrected chi connectivity index (χ0v) is 25.8. The van der Waals surface area contributed by atoms with E-state index < -0.39 is 29.7 Å². The maximum Gasteiger partial charge on any atom is 0.253 e. The number of aliphatic hydroxyl groups excluding tert-OH is 1. The fourth-order valence-corrected chi connectivity index (χ4v) is 5.03. The first kappa shape index (κ1) is 33.9. The molecular formula is C33H44F2N4O4. The highest BCUT2D eigenvalue weighted by Crippen LogP contribution is 2.16. The fraction of sp³-hybridized carbons (Fsp3) is 0.485. The second-order valence-corrected chi connectivity index (χ2v) is 11.5. The summed E-state index contributed by atoms with van der Waals surface area (Å²) in [5.74, 6) is -1.13. The molecule has 1 heterocycles. The molecule has 2 atom stereocenters. The first-order chi connectivity index (χ1) is 20.5. The number of halogens is 2. The van der Waals surface area contributed by atoms with Crippen molar-refractivity contribution in [2.45, 2.75) is 79.0 Å². The Bertz CT molecular complexity index is 1330. The molecule has 8 nitrogen and oxygen atoms in total. The predicted molar refractivity (Wildman–Crippen MR) is 162 cm³/mol. The molecule has 2 amide bonds. The Morgan fingerprint density at radius 2 is 1.60 bits per heavy atom. The Labute approximate surface area is 252 Å². The van der Waals surface area contributed by atoms with E-state index in [1.807, 2.05) is 19.9 Å². The van der Waals surface area contributed by atoms with E-state index in [-0.39, 0.29) is 30.0 Å². The molecule has 0 aliphatic heterocycles. The highest BCUT2D eigenvalue weighted by molar-refractivity contribution is 6.00. The lowest BCUT2D eigenvalue weighted by molar-refractivity contribution is 0.0755. The number of benzene rings is 2. The molecule has 3 rings (SSSR count). The van der Waals surface area contributed by atoms with Gasteiger partial charge in [-0.15, -0.1) is 0 Å². The van der Waals surface area contributed by atoms with E-state index in [1.165, 1.54) is 12.1 Å². The van der Waals surface area contributed by atoms with Crippen molar-refractivity contribution in [3.63, 3.8) is 0 Å². The summed E-state index contributed by atoms with van der Waals surface area (Å²) in [6.07, 6.45) is 1.27. The van der Waals surface area contributed by atoms with Crippen LogP contribution in [0.5, 0.6) is 0 Å². The largest absolute Gasteiger partial charge is 0.390 e. The number of nitrogens with one attached hydrogen (secondary N) is 2. The van der Waals surface area contributed by atoms with Crippen molar-refractivity contribution in [3.05, 3.63) is 87.8 Å². The Balaban J connectivity index is 1.78. The van der Waals surface area contributed by atoms with E-state index >= 15 is 0 Å². The molecule has 0 unspecified atom stereocenters. The minimum absolute atomic E-state index is 0.0253. The number of aliphatic hydroxyl groups is 1. The van der Waals surface area contributed by atoms with Crippen LogP contribution in [0, 0.1) is 24.5 Å². The molecule has 0 radical (unpaired) electrons. The van der Waals surface area contributed by atoms with Crippen LogP contribution in [0.25, 0.3) is 0 Å². The molecule has 3 aromatic rings. The van der Waals surface area contributed by atoms with Crippen LogP contribution in [0.4, 0.5) is 8.78 Å². The van der Waals surface area contributed by atoms with Crippen LogP contribution in [0.1, 0.15) is 83.8 Å². The Kier molecular flexibility index (Phi) is 12.8. The van der Waals surface area contributed by atoms with Gasteiger partial charge in [0.2, 0.25) is 0 Å². The van der Waals surface area contributed by atoms with Gasteiger partial charge in [-0.2, -0.15) is 0 Å². The van der Waals surface area contributed by atoms with Gasteiger partial charge in [0.15, 0.2) is 5.76 Å². The average molecular weight is 599 g/mol. The highest BCUT2D eigenvalue weighted by Gasteiger charge is 2.24. The number of aryl methyl sites for hydroxylation is 1. The molecule has 0 saturated carbocycles. The van der Waals surface area contributed by atoms with Gasteiger partial charge in [-0.1, -0.05) is 32.9 Å². The fourth-order valence-electron chi connectivity index (χ4n) is 5.03. The van der Waals surface area contributed by atoms with E-state index in [0.717, 1.165) is 36.6 Å². The number of hydrogen-bond donors (Lipinski definition) is 3. The number of amides is 2. The normalized spacial score (nSPS) is 12.8. The molecule has 0 spiro atoms. The van der Waals surface area contributed by atoms with Gasteiger partial charge in [0.1, 0.15) is 11.6 Å². The smallest absolute Gasteiger partial charge is 0.253 e. The van der Waals surface area contributed by atoms with E-state index in [9.17, 15) is 23.5 Å². The van der Waals surface area contributed by atoms with Crippen molar-refractivity contribution in [2.24, 2.45) is 5.92 Å². The van der Waals surface area contributed by atoms with Gasteiger partial charge in [-0.05, 0) is 80.0 Å². The van der Waals surface area contributed by atoms with Crippen molar-refractivity contribution in [3.8, 4) is 0 Å². The molecule has 0 bridgehead atoms. The summed E-state index contributed by atoms with van der Waals surface area (Å²) in [5.41, 5.74) is 2.52. The van der Waals surface area contributed by atoms with Crippen LogP contribution < -0.4 is 10.6 Å². The van der Waals surface area contributed by atoms with Crippen molar-refractivity contribution < 1.29 is 28.0 Å². The second-order valence-electron chi connectivity index (χ2n) is 11.5. The van der Waals surface area contributed by atoms with Crippen molar-refractivity contribution in [1.29, 1.82) is 0 Å². The standard InChI is InChI=1S/C33H44F2N4O4/c1-6-8-39(9-7-2)33(42)25-12-22(5)11-24(16-25)32(41)37-30(15-23-13-26(34)17-27(35)14-23)31(40)20-36-19-29-18-28(38-43-29)10-21(3)4/h11-14,16-18,21,30-31,36,40H,6-10,15,19-20H2,1-5H3,(H,37,41)/t30-,31+/m0/s1. The summed E-state index contributed by atoms with van der Waals surface area (Å²) in [6.45, 7) is 11.6. The zero-order valence-electron chi connectivity index (χ0n) is 25.8. The Morgan fingerprint density at radius 1 is 0.953 bits per heavy atom. The molecule has 3 N–H and O–H groups in total. The quantitative estimate of drug-likeness (QED) is 0.209. The van der Waals surface area contributed by atoms with Crippen LogP contribution >= 0.6 is 0 Å². The number of nitrogens with zero attached hydrogens (tertiary/aromatic N) is 2. The van der Waals surface area contributed by atoms with Gasteiger partial charge >= 0.3 is 0 Å². The van der Waals surface area contributed by atoms with E-state index in [0.29, 0.717) is 36.9 Å². The highest BCUT2D eigenvalue weighted by atomic mass is 19.1. The van der Waals surface area contributed by atoms with Crippen LogP contribution in [-0.4, -0.2) is 58.8 Å². The molecule has 0 fully saturated rings. The molecule has 0 aliphatic carbocycles. The molecule has 10 heteroatoms. The number of aromatic nitrogens is 1. The van der Waals surface area contributed by atoms with Crippen LogP contribution in [0.3, 0.4) is 0 Å². The predicted octanol–water partition coefficient (Wildman–Crippen LogP) is 5.21. The maximum atomic E-state index is 14.0. The Morgan fingerprint density at radius 3 is 2.23 bits per heavy atom. The summed E-state index contributed by atoms with van der Waals surface area (Å²) in [7, 11) is 0. The summed E-state index contributed by atoms with van der Waals surface area (Å²) < 4.78 is 33.3. The van der Waals surface area contributed by atoms with E-state index in [2.05, 4.69) is 29.6 Å². The summed E-state index contributed by atoms with van der Waals surface area (Å²) in [4.78, 5) is 28.5. The lowest BCUT2D eigenvalue weighted by Gasteiger charge is -2.25. The lowest BCUT2D eigenvalue weighted by Crippen LogP contribution is -2.48. The van der Waals surface area contributed by atoms with E-state index in [1.54, 1.807) is 30.0 Å². The minimum atomic E-state index is -1.12. The zero-order chi connectivity index (χ0) is 31.5. The maximum absolute atomic E-state index is 14.0. The van der Waals surface area contributed by atoms with E-state index in [4.69, 9.17) is 4.52 Å².